The summed E-state index contributed by atoms with van der Waals surface area (Å²) in [6.07, 6.45) is 0. The van der Waals surface area contributed by atoms with Gasteiger partial charge < -0.3 is 5.73 Å². The summed E-state index contributed by atoms with van der Waals surface area (Å²) in [7, 11) is 0. The van der Waals surface area contributed by atoms with Gasteiger partial charge in [0.1, 0.15) is 5.01 Å². The summed E-state index contributed by atoms with van der Waals surface area (Å²) in [4.78, 5) is 5.78. The van der Waals surface area contributed by atoms with Gasteiger partial charge in [-0.15, -0.1) is 11.3 Å². The molecule has 15 heavy (non-hydrogen) atoms. The van der Waals surface area contributed by atoms with Gasteiger partial charge >= 0.3 is 0 Å². The van der Waals surface area contributed by atoms with Gasteiger partial charge in [-0.1, -0.05) is 12.1 Å². The lowest BCUT2D eigenvalue weighted by Crippen LogP contribution is -1.89. The number of hydrogen-bond acceptors (Lipinski definition) is 3. The molecule has 0 spiro atoms. The standard InChI is InChI=1S/C12H14N2S/c1-7-4-5-10(6-11(7)13)12-14-8(2)9(3)15-12/h4-6H,13H2,1-3H3. The molecule has 1 aromatic carbocycles. The second kappa shape index (κ2) is 3.66. The SMILES string of the molecule is Cc1ccc(-c2nc(C)c(C)s2)cc1N. The zero-order chi connectivity index (χ0) is 11.0. The van der Waals surface area contributed by atoms with E-state index in [1.165, 1.54) is 4.88 Å². The van der Waals surface area contributed by atoms with Gasteiger partial charge in [0.05, 0.1) is 5.69 Å². The van der Waals surface area contributed by atoms with Crippen LogP contribution in [0.2, 0.25) is 0 Å². The van der Waals surface area contributed by atoms with Gasteiger partial charge in [-0.25, -0.2) is 4.98 Å². The highest BCUT2D eigenvalue weighted by Gasteiger charge is 2.06. The number of anilines is 1. The Morgan fingerprint density at radius 3 is 2.47 bits per heavy atom. The van der Waals surface area contributed by atoms with Crippen molar-refractivity contribution in [1.29, 1.82) is 0 Å². The van der Waals surface area contributed by atoms with Crippen molar-refractivity contribution in [2.24, 2.45) is 0 Å². The maximum Gasteiger partial charge on any atom is 0.123 e. The van der Waals surface area contributed by atoms with Crippen molar-refractivity contribution in [3.63, 3.8) is 0 Å². The first-order chi connectivity index (χ1) is 7.08. The van der Waals surface area contributed by atoms with Crippen LogP contribution >= 0.6 is 11.3 Å². The van der Waals surface area contributed by atoms with Gasteiger partial charge in [0.15, 0.2) is 0 Å². The summed E-state index contributed by atoms with van der Waals surface area (Å²) in [6, 6.07) is 6.10. The minimum absolute atomic E-state index is 0.831. The van der Waals surface area contributed by atoms with E-state index in [0.29, 0.717) is 0 Å². The van der Waals surface area contributed by atoms with Gasteiger partial charge in [-0.3, -0.25) is 0 Å². The Morgan fingerprint density at radius 2 is 1.93 bits per heavy atom. The van der Waals surface area contributed by atoms with Crippen LogP contribution in [-0.4, -0.2) is 4.98 Å². The molecule has 0 amide bonds. The molecule has 78 valence electrons. The lowest BCUT2D eigenvalue weighted by molar-refractivity contribution is 1.23. The summed E-state index contributed by atoms with van der Waals surface area (Å²) in [5, 5.41) is 1.05. The van der Waals surface area contributed by atoms with Gasteiger partial charge in [-0.05, 0) is 32.4 Å². The van der Waals surface area contributed by atoms with E-state index in [0.717, 1.165) is 27.5 Å². The number of nitrogens with zero attached hydrogens (tertiary/aromatic N) is 1. The number of aryl methyl sites for hydroxylation is 3. The van der Waals surface area contributed by atoms with Crippen LogP contribution in [0, 0.1) is 20.8 Å². The van der Waals surface area contributed by atoms with Crippen LogP contribution < -0.4 is 5.73 Å². The van der Waals surface area contributed by atoms with E-state index in [1.54, 1.807) is 11.3 Å². The van der Waals surface area contributed by atoms with E-state index in [-0.39, 0.29) is 0 Å². The molecule has 0 aliphatic heterocycles. The van der Waals surface area contributed by atoms with E-state index in [4.69, 9.17) is 5.73 Å². The normalized spacial score (nSPS) is 10.6. The quantitative estimate of drug-likeness (QED) is 0.746. The molecule has 0 radical (unpaired) electrons. The fourth-order valence-electron chi connectivity index (χ4n) is 1.37. The number of nitrogen functional groups attached to an aromatic ring is 1. The van der Waals surface area contributed by atoms with Crippen molar-refractivity contribution in [2.45, 2.75) is 20.8 Å². The number of aromatic nitrogens is 1. The monoisotopic (exact) mass is 218 g/mol. The lowest BCUT2D eigenvalue weighted by Gasteiger charge is -2.01. The molecule has 3 heteroatoms. The summed E-state index contributed by atoms with van der Waals surface area (Å²) < 4.78 is 0. The summed E-state index contributed by atoms with van der Waals surface area (Å²) in [5.74, 6) is 0. The molecular weight excluding hydrogens is 204 g/mol. The van der Waals surface area contributed by atoms with Crippen LogP contribution in [0.3, 0.4) is 0 Å². The minimum atomic E-state index is 0.831. The Morgan fingerprint density at radius 1 is 1.20 bits per heavy atom. The molecule has 0 aliphatic rings. The van der Waals surface area contributed by atoms with Crippen molar-refractivity contribution in [2.75, 3.05) is 5.73 Å². The number of thiazole rings is 1. The molecule has 0 atom stereocenters. The van der Waals surface area contributed by atoms with Crippen molar-refractivity contribution in [3.8, 4) is 10.6 Å². The maximum absolute atomic E-state index is 5.88. The fraction of sp³-hybridized carbons (Fsp3) is 0.250. The third-order valence-corrected chi connectivity index (χ3v) is 3.68. The van der Waals surface area contributed by atoms with E-state index in [2.05, 4.69) is 18.0 Å². The van der Waals surface area contributed by atoms with Crippen LogP contribution in [0.1, 0.15) is 16.1 Å². The lowest BCUT2D eigenvalue weighted by atomic mass is 10.1. The highest BCUT2D eigenvalue weighted by Crippen LogP contribution is 2.29. The Labute approximate surface area is 93.8 Å². The molecule has 0 saturated carbocycles. The number of rotatable bonds is 1. The Balaban J connectivity index is 2.49. The molecule has 0 bridgehead atoms. The molecule has 0 fully saturated rings. The van der Waals surface area contributed by atoms with Crippen LogP contribution in [0.4, 0.5) is 5.69 Å². The molecule has 2 rings (SSSR count). The van der Waals surface area contributed by atoms with Crippen LogP contribution in [0.25, 0.3) is 10.6 Å². The number of benzene rings is 1. The molecule has 2 nitrogen and oxygen atoms in total. The predicted octanol–water partition coefficient (Wildman–Crippen LogP) is 3.32. The highest BCUT2D eigenvalue weighted by atomic mass is 32.1. The fourth-order valence-corrected chi connectivity index (χ4v) is 2.28. The Kier molecular flexibility index (Phi) is 2.49. The van der Waals surface area contributed by atoms with E-state index < -0.39 is 0 Å². The van der Waals surface area contributed by atoms with Crippen molar-refractivity contribution < 1.29 is 0 Å². The Bertz CT molecular complexity index is 481. The molecule has 0 saturated heterocycles. The van der Waals surface area contributed by atoms with Gasteiger partial charge in [0.2, 0.25) is 0 Å². The highest BCUT2D eigenvalue weighted by molar-refractivity contribution is 7.15. The van der Waals surface area contributed by atoms with E-state index >= 15 is 0 Å². The molecular formula is C12H14N2S. The van der Waals surface area contributed by atoms with Crippen LogP contribution in [0.5, 0.6) is 0 Å². The average Bonchev–Trinajstić information content (AvgIpc) is 2.52. The van der Waals surface area contributed by atoms with Crippen molar-refractivity contribution in [3.05, 3.63) is 34.3 Å². The molecule has 1 heterocycles. The van der Waals surface area contributed by atoms with E-state index in [1.807, 2.05) is 26.0 Å². The molecule has 0 unspecified atom stereocenters. The summed E-state index contributed by atoms with van der Waals surface area (Å²) in [5.41, 5.74) is 10.0. The summed E-state index contributed by atoms with van der Waals surface area (Å²) >= 11 is 1.72. The maximum atomic E-state index is 5.88. The van der Waals surface area contributed by atoms with Crippen molar-refractivity contribution in [1.82, 2.24) is 4.98 Å². The zero-order valence-corrected chi connectivity index (χ0v) is 9.98. The third kappa shape index (κ3) is 1.88. The molecule has 2 N–H and O–H groups in total. The first-order valence-electron chi connectivity index (χ1n) is 4.88. The largest absolute Gasteiger partial charge is 0.398 e. The molecule has 2 aromatic rings. The minimum Gasteiger partial charge on any atom is -0.398 e. The second-order valence-corrected chi connectivity index (χ2v) is 4.94. The van der Waals surface area contributed by atoms with E-state index in [9.17, 15) is 0 Å². The number of nitrogens with two attached hydrogens (primary N) is 1. The molecule has 0 aliphatic carbocycles. The second-order valence-electron chi connectivity index (χ2n) is 3.73. The van der Waals surface area contributed by atoms with Crippen molar-refractivity contribution >= 4 is 17.0 Å². The first kappa shape index (κ1) is 10.2. The summed E-state index contributed by atoms with van der Waals surface area (Å²) in [6.45, 7) is 6.14. The van der Waals surface area contributed by atoms with Crippen LogP contribution in [-0.2, 0) is 0 Å². The van der Waals surface area contributed by atoms with Gasteiger partial charge in [-0.2, -0.15) is 0 Å². The smallest absolute Gasteiger partial charge is 0.123 e. The number of hydrogen-bond donors (Lipinski definition) is 1. The zero-order valence-electron chi connectivity index (χ0n) is 9.16. The first-order valence-corrected chi connectivity index (χ1v) is 5.70. The Hall–Kier alpha value is -1.35. The molecule has 1 aromatic heterocycles. The third-order valence-electron chi connectivity index (χ3n) is 2.55. The van der Waals surface area contributed by atoms with Crippen LogP contribution in [0.15, 0.2) is 18.2 Å². The van der Waals surface area contributed by atoms with Gasteiger partial charge in [0, 0.05) is 16.1 Å². The topological polar surface area (TPSA) is 38.9 Å². The van der Waals surface area contributed by atoms with Gasteiger partial charge in [0.25, 0.3) is 0 Å². The average molecular weight is 218 g/mol. The predicted molar refractivity (Wildman–Crippen MR) is 66.2 cm³/mol.